The first kappa shape index (κ1) is 18.9. The van der Waals surface area contributed by atoms with Crippen molar-refractivity contribution in [2.45, 2.75) is 51.0 Å². The van der Waals surface area contributed by atoms with Crippen LogP contribution < -0.4 is 5.73 Å². The van der Waals surface area contributed by atoms with Crippen molar-refractivity contribution in [3.63, 3.8) is 0 Å². The number of benzene rings is 1. The normalized spacial score (nSPS) is 20.0. The van der Waals surface area contributed by atoms with E-state index < -0.39 is 6.04 Å². The van der Waals surface area contributed by atoms with E-state index in [9.17, 15) is 9.59 Å². The molecule has 2 fully saturated rings. The lowest BCUT2D eigenvalue weighted by molar-refractivity contribution is -0.140. The number of amides is 2. The molecule has 1 heterocycles. The minimum absolute atomic E-state index is 0.00627. The van der Waals surface area contributed by atoms with Crippen LogP contribution in [-0.2, 0) is 16.0 Å². The lowest BCUT2D eigenvalue weighted by atomic mass is 9.86. The van der Waals surface area contributed by atoms with Gasteiger partial charge in [0.15, 0.2) is 0 Å². The van der Waals surface area contributed by atoms with Crippen molar-refractivity contribution in [3.8, 4) is 0 Å². The molecule has 26 heavy (non-hydrogen) atoms. The SMILES string of the molecule is N[C@@H](Cc1ccccc1)C(=O)N1CCN(C(=O)CC2CCCCC2)CC1. The van der Waals surface area contributed by atoms with Crippen LogP contribution in [0.3, 0.4) is 0 Å². The quantitative estimate of drug-likeness (QED) is 0.878. The molecule has 0 radical (unpaired) electrons. The van der Waals surface area contributed by atoms with Crippen molar-refractivity contribution in [1.29, 1.82) is 0 Å². The highest BCUT2D eigenvalue weighted by Crippen LogP contribution is 2.27. The second kappa shape index (κ2) is 9.17. The van der Waals surface area contributed by atoms with Gasteiger partial charge < -0.3 is 15.5 Å². The zero-order valence-corrected chi connectivity index (χ0v) is 15.6. The highest BCUT2D eigenvalue weighted by molar-refractivity contribution is 5.82. The Morgan fingerprint density at radius 3 is 2.23 bits per heavy atom. The standard InChI is InChI=1S/C21H31N3O2/c22-19(15-17-7-3-1-4-8-17)21(26)24-13-11-23(12-14-24)20(25)16-18-9-5-2-6-10-18/h1,3-4,7-8,18-19H,2,5-6,9-16,22H2/t19-/m0/s1. The number of rotatable bonds is 5. The summed E-state index contributed by atoms with van der Waals surface area (Å²) in [4.78, 5) is 28.9. The van der Waals surface area contributed by atoms with Gasteiger partial charge in [-0.25, -0.2) is 0 Å². The van der Waals surface area contributed by atoms with Crippen LogP contribution in [0.5, 0.6) is 0 Å². The molecule has 2 N–H and O–H groups in total. The minimum atomic E-state index is -0.512. The number of carbonyl (C=O) groups excluding carboxylic acids is 2. The summed E-state index contributed by atoms with van der Waals surface area (Å²) in [5.74, 6) is 0.820. The van der Waals surface area contributed by atoms with E-state index in [4.69, 9.17) is 5.73 Å². The summed E-state index contributed by atoms with van der Waals surface area (Å²) >= 11 is 0. The first-order valence-electron chi connectivity index (χ1n) is 9.99. The topological polar surface area (TPSA) is 66.6 Å². The smallest absolute Gasteiger partial charge is 0.239 e. The van der Waals surface area contributed by atoms with E-state index in [2.05, 4.69) is 0 Å². The Labute approximate surface area is 156 Å². The number of hydrogen-bond donors (Lipinski definition) is 1. The van der Waals surface area contributed by atoms with Crippen molar-refractivity contribution >= 4 is 11.8 Å². The van der Waals surface area contributed by atoms with Gasteiger partial charge >= 0.3 is 0 Å². The van der Waals surface area contributed by atoms with E-state index in [0.717, 1.165) is 5.56 Å². The fourth-order valence-electron chi connectivity index (χ4n) is 4.13. The van der Waals surface area contributed by atoms with Crippen LogP contribution in [0.15, 0.2) is 30.3 Å². The molecular formula is C21H31N3O2. The van der Waals surface area contributed by atoms with Gasteiger partial charge in [-0.1, -0.05) is 49.6 Å². The highest BCUT2D eigenvalue weighted by atomic mass is 16.2. The molecule has 1 saturated heterocycles. The molecule has 1 aliphatic heterocycles. The van der Waals surface area contributed by atoms with Gasteiger partial charge in [-0.3, -0.25) is 9.59 Å². The molecule has 142 valence electrons. The Hall–Kier alpha value is -1.88. The molecule has 0 bridgehead atoms. The Balaban J connectivity index is 1.43. The highest BCUT2D eigenvalue weighted by Gasteiger charge is 2.28. The average Bonchev–Trinajstić information content (AvgIpc) is 2.69. The van der Waals surface area contributed by atoms with Crippen LogP contribution in [0.4, 0.5) is 0 Å². The summed E-state index contributed by atoms with van der Waals surface area (Å²) < 4.78 is 0. The summed E-state index contributed by atoms with van der Waals surface area (Å²) in [6.45, 7) is 2.46. The third-order valence-corrected chi connectivity index (χ3v) is 5.75. The maximum absolute atomic E-state index is 12.6. The molecule has 1 aromatic rings. The fraction of sp³-hybridized carbons (Fsp3) is 0.619. The molecule has 1 atom stereocenters. The fourth-order valence-corrected chi connectivity index (χ4v) is 4.13. The van der Waals surface area contributed by atoms with Gasteiger partial charge in [-0.15, -0.1) is 0 Å². The van der Waals surface area contributed by atoms with Crippen LogP contribution in [0.2, 0.25) is 0 Å². The van der Waals surface area contributed by atoms with Gasteiger partial charge in [-0.2, -0.15) is 0 Å². The molecule has 5 nitrogen and oxygen atoms in total. The van der Waals surface area contributed by atoms with Crippen molar-refractivity contribution < 1.29 is 9.59 Å². The van der Waals surface area contributed by atoms with Crippen molar-refractivity contribution in [2.75, 3.05) is 26.2 Å². The zero-order chi connectivity index (χ0) is 18.4. The van der Waals surface area contributed by atoms with Crippen LogP contribution in [0.25, 0.3) is 0 Å². The zero-order valence-electron chi connectivity index (χ0n) is 15.6. The lowest BCUT2D eigenvalue weighted by Crippen LogP contribution is -2.54. The molecule has 1 saturated carbocycles. The number of piperazine rings is 1. The van der Waals surface area contributed by atoms with E-state index in [-0.39, 0.29) is 11.8 Å². The largest absolute Gasteiger partial charge is 0.339 e. The van der Waals surface area contributed by atoms with Gasteiger partial charge in [0, 0.05) is 32.6 Å². The molecule has 0 unspecified atom stereocenters. The Bertz CT molecular complexity index is 591. The van der Waals surface area contributed by atoms with E-state index >= 15 is 0 Å². The first-order chi connectivity index (χ1) is 12.6. The first-order valence-corrected chi connectivity index (χ1v) is 9.99. The maximum Gasteiger partial charge on any atom is 0.239 e. The number of carbonyl (C=O) groups is 2. The van der Waals surface area contributed by atoms with Crippen LogP contribution >= 0.6 is 0 Å². The van der Waals surface area contributed by atoms with Crippen molar-refractivity contribution in [1.82, 2.24) is 9.80 Å². The van der Waals surface area contributed by atoms with Gasteiger partial charge in [-0.05, 0) is 30.7 Å². The Morgan fingerprint density at radius 2 is 1.58 bits per heavy atom. The summed E-state index contributed by atoms with van der Waals surface area (Å²) in [5, 5.41) is 0. The van der Waals surface area contributed by atoms with E-state index in [1.54, 1.807) is 0 Å². The molecule has 2 aliphatic rings. The lowest BCUT2D eigenvalue weighted by Gasteiger charge is -2.36. The maximum atomic E-state index is 12.6. The molecule has 3 rings (SSSR count). The van der Waals surface area contributed by atoms with Crippen molar-refractivity contribution in [3.05, 3.63) is 35.9 Å². The van der Waals surface area contributed by atoms with Gasteiger partial charge in [0.05, 0.1) is 6.04 Å². The summed E-state index contributed by atoms with van der Waals surface area (Å²) in [6.07, 6.45) is 7.47. The number of hydrogen-bond acceptors (Lipinski definition) is 3. The average molecular weight is 357 g/mol. The minimum Gasteiger partial charge on any atom is -0.339 e. The molecule has 5 heteroatoms. The monoisotopic (exact) mass is 357 g/mol. The third-order valence-electron chi connectivity index (χ3n) is 5.75. The molecule has 0 aromatic heterocycles. The van der Waals surface area contributed by atoms with E-state index in [1.807, 2.05) is 40.1 Å². The third kappa shape index (κ3) is 5.07. The molecule has 1 aromatic carbocycles. The Morgan fingerprint density at radius 1 is 0.962 bits per heavy atom. The second-order valence-electron chi connectivity index (χ2n) is 7.71. The van der Waals surface area contributed by atoms with Gasteiger partial charge in [0.2, 0.25) is 11.8 Å². The predicted molar refractivity (Wildman–Crippen MR) is 102 cm³/mol. The van der Waals surface area contributed by atoms with Gasteiger partial charge in [0.1, 0.15) is 0 Å². The Kier molecular flexibility index (Phi) is 6.67. The number of nitrogens with two attached hydrogens (primary N) is 1. The second-order valence-corrected chi connectivity index (χ2v) is 7.71. The number of nitrogens with zero attached hydrogens (tertiary/aromatic N) is 2. The van der Waals surface area contributed by atoms with Gasteiger partial charge in [0.25, 0.3) is 0 Å². The molecule has 2 amide bonds. The van der Waals surface area contributed by atoms with Crippen LogP contribution in [0.1, 0.15) is 44.1 Å². The molecule has 0 spiro atoms. The van der Waals surface area contributed by atoms with Crippen LogP contribution in [0, 0.1) is 5.92 Å². The van der Waals surface area contributed by atoms with Crippen molar-refractivity contribution in [2.24, 2.45) is 11.7 Å². The van der Waals surface area contributed by atoms with Crippen LogP contribution in [-0.4, -0.2) is 53.8 Å². The summed E-state index contributed by atoms with van der Waals surface area (Å²) in [5.41, 5.74) is 7.20. The summed E-state index contributed by atoms with van der Waals surface area (Å²) in [7, 11) is 0. The predicted octanol–water partition coefficient (Wildman–Crippen LogP) is 2.20. The molecular weight excluding hydrogens is 326 g/mol. The van der Waals surface area contributed by atoms with E-state index in [0.29, 0.717) is 44.9 Å². The summed E-state index contributed by atoms with van der Waals surface area (Å²) in [6, 6.07) is 9.36. The van der Waals surface area contributed by atoms with E-state index in [1.165, 1.54) is 32.1 Å². The molecule has 1 aliphatic carbocycles.